The van der Waals surface area contributed by atoms with Crippen LogP contribution in [0.1, 0.15) is 70.6 Å². The molecule has 3 nitrogen and oxygen atoms in total. The van der Waals surface area contributed by atoms with Crippen molar-refractivity contribution in [1.82, 2.24) is 4.90 Å². The van der Waals surface area contributed by atoms with Gasteiger partial charge in [-0.25, -0.2) is 0 Å². The fourth-order valence-electron chi connectivity index (χ4n) is 5.12. The molecule has 120 valence electrons. The minimum absolute atomic E-state index is 0.222. The van der Waals surface area contributed by atoms with Crippen molar-refractivity contribution in [1.29, 1.82) is 0 Å². The molecule has 3 aliphatic carbocycles. The number of fused-ring (bicyclic) bond motifs is 1. The number of likely N-dealkylation sites (N-methyl/N-ethyl adjacent to an activating group) is 1. The Morgan fingerprint density at radius 1 is 1.05 bits per heavy atom. The summed E-state index contributed by atoms with van der Waals surface area (Å²) in [6, 6.07) is 0. The van der Waals surface area contributed by atoms with Crippen molar-refractivity contribution in [3.8, 4) is 0 Å². The molecule has 0 radical (unpaired) electrons. The van der Waals surface area contributed by atoms with E-state index in [9.17, 15) is 9.90 Å². The van der Waals surface area contributed by atoms with Crippen LogP contribution in [0.3, 0.4) is 0 Å². The highest BCUT2D eigenvalue weighted by molar-refractivity contribution is 5.78. The van der Waals surface area contributed by atoms with Gasteiger partial charge in [-0.05, 0) is 43.9 Å². The molecule has 3 rings (SSSR count). The Balaban J connectivity index is 1.54. The van der Waals surface area contributed by atoms with E-state index in [1.165, 1.54) is 32.1 Å². The number of rotatable bonds is 3. The quantitative estimate of drug-likeness (QED) is 0.867. The molecule has 0 saturated heterocycles. The third-order valence-electron chi connectivity index (χ3n) is 6.33. The van der Waals surface area contributed by atoms with Gasteiger partial charge >= 0.3 is 0 Å². The van der Waals surface area contributed by atoms with Gasteiger partial charge in [-0.3, -0.25) is 4.79 Å². The van der Waals surface area contributed by atoms with Crippen molar-refractivity contribution in [2.45, 2.75) is 76.2 Å². The summed E-state index contributed by atoms with van der Waals surface area (Å²) >= 11 is 0. The van der Waals surface area contributed by atoms with Crippen LogP contribution in [0.4, 0.5) is 0 Å². The number of amides is 1. The van der Waals surface area contributed by atoms with E-state index in [4.69, 9.17) is 0 Å². The van der Waals surface area contributed by atoms with Crippen molar-refractivity contribution in [2.24, 2.45) is 17.8 Å². The molecule has 0 spiro atoms. The van der Waals surface area contributed by atoms with E-state index >= 15 is 0 Å². The maximum absolute atomic E-state index is 12.7. The third-order valence-corrected chi connectivity index (χ3v) is 6.33. The summed E-state index contributed by atoms with van der Waals surface area (Å²) in [4.78, 5) is 14.5. The normalized spacial score (nSPS) is 35.2. The maximum atomic E-state index is 12.7. The number of carbonyl (C=O) groups is 1. The van der Waals surface area contributed by atoms with Gasteiger partial charge in [0.2, 0.25) is 5.91 Å². The molecule has 0 aromatic heterocycles. The van der Waals surface area contributed by atoms with Crippen molar-refractivity contribution < 1.29 is 9.90 Å². The molecule has 0 aromatic rings. The Morgan fingerprint density at radius 3 is 2.43 bits per heavy atom. The van der Waals surface area contributed by atoms with Crippen LogP contribution in [0.15, 0.2) is 0 Å². The van der Waals surface area contributed by atoms with Crippen LogP contribution in [0.2, 0.25) is 0 Å². The van der Waals surface area contributed by atoms with Gasteiger partial charge in [-0.2, -0.15) is 0 Å². The molecule has 0 bridgehead atoms. The van der Waals surface area contributed by atoms with E-state index in [-0.39, 0.29) is 5.92 Å². The van der Waals surface area contributed by atoms with Gasteiger partial charge in [0.15, 0.2) is 0 Å². The fraction of sp³-hybridized carbons (Fsp3) is 0.944. The molecule has 3 atom stereocenters. The smallest absolute Gasteiger partial charge is 0.225 e. The molecule has 1 N–H and O–H groups in total. The lowest BCUT2D eigenvalue weighted by Crippen LogP contribution is -2.45. The fourth-order valence-corrected chi connectivity index (χ4v) is 5.12. The first-order valence-electron chi connectivity index (χ1n) is 9.05. The lowest BCUT2D eigenvalue weighted by molar-refractivity contribution is -0.139. The van der Waals surface area contributed by atoms with Crippen LogP contribution in [-0.4, -0.2) is 35.1 Å². The molecule has 3 fully saturated rings. The Hall–Kier alpha value is -0.570. The van der Waals surface area contributed by atoms with Crippen LogP contribution in [0, 0.1) is 17.8 Å². The highest BCUT2D eigenvalue weighted by Gasteiger charge is 2.38. The van der Waals surface area contributed by atoms with E-state index in [1.807, 2.05) is 11.9 Å². The van der Waals surface area contributed by atoms with E-state index in [2.05, 4.69) is 0 Å². The van der Waals surface area contributed by atoms with Crippen molar-refractivity contribution >= 4 is 5.91 Å². The standard InChI is InChI=1S/C18H31NO2/c1-19(13-18(21)10-4-5-11-18)17(20)16-9-8-14-6-2-3-7-15(14)12-16/h14-16,21H,2-13H2,1H3. The Labute approximate surface area is 129 Å². The highest BCUT2D eigenvalue weighted by atomic mass is 16.3. The van der Waals surface area contributed by atoms with Crippen LogP contribution in [0.25, 0.3) is 0 Å². The monoisotopic (exact) mass is 293 g/mol. The molecule has 1 amide bonds. The van der Waals surface area contributed by atoms with E-state index in [0.717, 1.165) is 50.4 Å². The number of aliphatic hydroxyl groups is 1. The molecule has 3 saturated carbocycles. The summed E-state index contributed by atoms with van der Waals surface area (Å²) in [5.41, 5.74) is -0.605. The molecular weight excluding hydrogens is 262 g/mol. The average Bonchev–Trinajstić information content (AvgIpc) is 2.92. The lowest BCUT2D eigenvalue weighted by Gasteiger charge is -2.40. The van der Waals surface area contributed by atoms with Gasteiger partial charge in [0.05, 0.1) is 5.60 Å². The minimum atomic E-state index is -0.605. The van der Waals surface area contributed by atoms with Crippen LogP contribution >= 0.6 is 0 Å². The Morgan fingerprint density at radius 2 is 1.71 bits per heavy atom. The predicted octanol–water partition coefficient (Wildman–Crippen LogP) is 3.36. The van der Waals surface area contributed by atoms with Crippen molar-refractivity contribution in [2.75, 3.05) is 13.6 Å². The highest BCUT2D eigenvalue weighted by Crippen LogP contribution is 2.43. The number of hydrogen-bond donors (Lipinski definition) is 1. The number of carbonyl (C=O) groups excluding carboxylic acids is 1. The molecule has 0 heterocycles. The Kier molecular flexibility index (Phi) is 4.58. The zero-order valence-corrected chi connectivity index (χ0v) is 13.5. The second kappa shape index (κ2) is 6.28. The van der Waals surface area contributed by atoms with Crippen LogP contribution in [0.5, 0.6) is 0 Å². The van der Waals surface area contributed by atoms with Gasteiger partial charge in [-0.15, -0.1) is 0 Å². The molecule has 3 unspecified atom stereocenters. The number of hydrogen-bond acceptors (Lipinski definition) is 2. The molecular formula is C18H31NO2. The second-order valence-electron chi connectivity index (χ2n) is 7.94. The second-order valence-corrected chi connectivity index (χ2v) is 7.94. The van der Waals surface area contributed by atoms with Crippen LogP contribution < -0.4 is 0 Å². The van der Waals surface area contributed by atoms with Crippen molar-refractivity contribution in [3.63, 3.8) is 0 Å². The van der Waals surface area contributed by atoms with Crippen molar-refractivity contribution in [3.05, 3.63) is 0 Å². The van der Waals surface area contributed by atoms with Gasteiger partial charge in [-0.1, -0.05) is 38.5 Å². The first kappa shape index (κ1) is 15.3. The van der Waals surface area contributed by atoms with E-state index in [0.29, 0.717) is 12.5 Å². The topological polar surface area (TPSA) is 40.5 Å². The molecule has 3 aliphatic rings. The van der Waals surface area contributed by atoms with Crippen LogP contribution in [-0.2, 0) is 4.79 Å². The molecule has 0 aromatic carbocycles. The Bertz CT molecular complexity index is 375. The average molecular weight is 293 g/mol. The zero-order valence-electron chi connectivity index (χ0n) is 13.5. The van der Waals surface area contributed by atoms with Gasteiger partial charge in [0.25, 0.3) is 0 Å². The summed E-state index contributed by atoms with van der Waals surface area (Å²) in [5, 5.41) is 10.5. The predicted molar refractivity (Wildman–Crippen MR) is 83.8 cm³/mol. The minimum Gasteiger partial charge on any atom is -0.388 e. The van der Waals surface area contributed by atoms with Gasteiger partial charge in [0, 0.05) is 19.5 Å². The van der Waals surface area contributed by atoms with Gasteiger partial charge < -0.3 is 10.0 Å². The third kappa shape index (κ3) is 3.44. The van der Waals surface area contributed by atoms with Gasteiger partial charge in [0.1, 0.15) is 0 Å². The number of nitrogens with zero attached hydrogens (tertiary/aromatic N) is 1. The zero-order chi connectivity index (χ0) is 14.9. The lowest BCUT2D eigenvalue weighted by atomic mass is 9.67. The molecule has 21 heavy (non-hydrogen) atoms. The first-order valence-corrected chi connectivity index (χ1v) is 9.05. The van der Waals surface area contributed by atoms with E-state index in [1.54, 1.807) is 0 Å². The molecule has 3 heteroatoms. The summed E-state index contributed by atoms with van der Waals surface area (Å²) in [5.74, 6) is 2.20. The first-order chi connectivity index (χ1) is 10.1. The maximum Gasteiger partial charge on any atom is 0.225 e. The molecule has 0 aliphatic heterocycles. The summed E-state index contributed by atoms with van der Waals surface area (Å²) in [6.07, 6.45) is 12.8. The summed E-state index contributed by atoms with van der Waals surface area (Å²) in [6.45, 7) is 0.538. The SMILES string of the molecule is CN(CC1(O)CCCC1)C(=O)C1CCC2CCCCC2C1. The summed E-state index contributed by atoms with van der Waals surface area (Å²) < 4.78 is 0. The summed E-state index contributed by atoms with van der Waals surface area (Å²) in [7, 11) is 1.89. The largest absolute Gasteiger partial charge is 0.388 e. The van der Waals surface area contributed by atoms with E-state index < -0.39 is 5.60 Å².